The van der Waals surface area contributed by atoms with E-state index in [4.69, 9.17) is 4.74 Å². The number of aliphatic hydroxyl groups excluding tert-OH is 1. The molecule has 0 aliphatic carbocycles. The van der Waals surface area contributed by atoms with Crippen LogP contribution in [0.25, 0.3) is 5.76 Å². The third kappa shape index (κ3) is 4.33. The summed E-state index contributed by atoms with van der Waals surface area (Å²) in [6, 6.07) is 9.79. The maximum atomic E-state index is 13.0. The molecule has 168 valence electrons. The Hall–Kier alpha value is -3.72. The lowest BCUT2D eigenvalue weighted by atomic mass is 9.93. The van der Waals surface area contributed by atoms with Crippen LogP contribution in [-0.4, -0.2) is 65.8 Å². The van der Waals surface area contributed by atoms with Crippen molar-refractivity contribution in [1.29, 1.82) is 0 Å². The van der Waals surface area contributed by atoms with Gasteiger partial charge in [0.25, 0.3) is 17.4 Å². The first-order chi connectivity index (χ1) is 15.1. The van der Waals surface area contributed by atoms with Gasteiger partial charge in [0.2, 0.25) is 0 Å². The molecule has 0 saturated carbocycles. The summed E-state index contributed by atoms with van der Waals surface area (Å²) in [7, 11) is 5.22. The Bertz CT molecular complexity index is 1090. The van der Waals surface area contributed by atoms with E-state index in [1.165, 1.54) is 36.3 Å². The fraction of sp³-hybridized carbons (Fsp3) is 0.304. The highest BCUT2D eigenvalue weighted by Crippen LogP contribution is 2.40. The monoisotopic (exact) mass is 439 g/mol. The number of aliphatic hydroxyl groups is 1. The topological polar surface area (TPSA) is 113 Å². The number of likely N-dealkylation sites (tertiary alicyclic amines) is 1. The molecule has 0 radical (unpaired) electrons. The molecule has 9 nitrogen and oxygen atoms in total. The molecular formula is C23H25N3O6. The molecule has 1 amide bonds. The first-order valence-corrected chi connectivity index (χ1v) is 9.98. The standard InChI is InChI=1S/C23H25N3O6/c1-14-13-17(32-4)9-10-18(14)21(27)19-20(15-5-7-16(8-6-15)26(30)31)25(12-11-24(2)3)23(29)22(19)28/h5-10,13,20,27H,11-12H2,1-4H3/b21-19+/t20-/m0/s1. The van der Waals surface area contributed by atoms with Crippen molar-refractivity contribution in [2.75, 3.05) is 34.3 Å². The molecule has 3 rings (SSSR count). The summed E-state index contributed by atoms with van der Waals surface area (Å²) in [5.41, 5.74) is 1.43. The summed E-state index contributed by atoms with van der Waals surface area (Å²) in [4.78, 5) is 39.7. The van der Waals surface area contributed by atoms with Crippen LogP contribution in [0.15, 0.2) is 48.0 Å². The number of nitro benzene ring substituents is 1. The lowest BCUT2D eigenvalue weighted by Gasteiger charge is -2.26. The maximum absolute atomic E-state index is 13.0. The number of nitro groups is 1. The normalized spacial score (nSPS) is 17.8. The molecule has 1 saturated heterocycles. The minimum Gasteiger partial charge on any atom is -0.507 e. The predicted molar refractivity (Wildman–Crippen MR) is 118 cm³/mol. The average Bonchev–Trinajstić information content (AvgIpc) is 3.01. The quantitative estimate of drug-likeness (QED) is 0.232. The Labute approximate surface area is 185 Å². The number of nitrogens with zero attached hydrogens (tertiary/aromatic N) is 3. The number of non-ortho nitro benzene ring substituents is 1. The number of ether oxygens (including phenoxy) is 1. The number of Topliss-reactive ketones (excluding diaryl/α,β-unsaturated/α-hetero) is 1. The van der Waals surface area contributed by atoms with Gasteiger partial charge in [-0.15, -0.1) is 0 Å². The molecule has 9 heteroatoms. The largest absolute Gasteiger partial charge is 0.507 e. The summed E-state index contributed by atoms with van der Waals surface area (Å²) in [6.45, 7) is 2.51. The molecule has 2 aromatic carbocycles. The lowest BCUT2D eigenvalue weighted by molar-refractivity contribution is -0.384. The Morgan fingerprint density at radius 1 is 1.19 bits per heavy atom. The average molecular weight is 439 g/mol. The fourth-order valence-electron chi connectivity index (χ4n) is 3.72. The van der Waals surface area contributed by atoms with Crippen LogP contribution >= 0.6 is 0 Å². The molecule has 1 fully saturated rings. The Balaban J connectivity index is 2.16. The van der Waals surface area contributed by atoms with E-state index in [1.807, 2.05) is 19.0 Å². The van der Waals surface area contributed by atoms with Crippen LogP contribution in [0.3, 0.4) is 0 Å². The smallest absolute Gasteiger partial charge is 0.295 e. The first-order valence-electron chi connectivity index (χ1n) is 9.98. The van der Waals surface area contributed by atoms with Gasteiger partial charge in [-0.1, -0.05) is 0 Å². The van der Waals surface area contributed by atoms with E-state index in [2.05, 4.69) is 0 Å². The number of methoxy groups -OCH3 is 1. The molecule has 1 aliphatic heterocycles. The van der Waals surface area contributed by atoms with Gasteiger partial charge < -0.3 is 19.6 Å². The van der Waals surface area contributed by atoms with E-state index in [0.717, 1.165) is 0 Å². The number of carbonyl (C=O) groups is 2. The van der Waals surface area contributed by atoms with Gasteiger partial charge in [0.15, 0.2) is 0 Å². The van der Waals surface area contributed by atoms with E-state index >= 15 is 0 Å². The summed E-state index contributed by atoms with van der Waals surface area (Å²) in [6.07, 6.45) is 0. The van der Waals surface area contributed by atoms with Crippen molar-refractivity contribution in [1.82, 2.24) is 9.80 Å². The fourth-order valence-corrected chi connectivity index (χ4v) is 3.72. The van der Waals surface area contributed by atoms with Gasteiger partial charge in [-0.05, 0) is 62.5 Å². The van der Waals surface area contributed by atoms with Crippen LogP contribution in [0.2, 0.25) is 0 Å². The SMILES string of the molecule is COc1ccc(/C(O)=C2\C(=O)C(=O)N(CCN(C)C)[C@H]2c2ccc([N+](=O)[O-])cc2)c(C)c1. The molecule has 2 aromatic rings. The molecular weight excluding hydrogens is 414 g/mol. The summed E-state index contributed by atoms with van der Waals surface area (Å²) < 4.78 is 5.20. The highest BCUT2D eigenvalue weighted by molar-refractivity contribution is 6.46. The van der Waals surface area contributed by atoms with Crippen molar-refractivity contribution in [3.63, 3.8) is 0 Å². The highest BCUT2D eigenvalue weighted by Gasteiger charge is 2.46. The number of hydrogen-bond acceptors (Lipinski definition) is 7. The second-order valence-corrected chi connectivity index (χ2v) is 7.83. The molecule has 32 heavy (non-hydrogen) atoms. The van der Waals surface area contributed by atoms with Crippen LogP contribution in [0.4, 0.5) is 5.69 Å². The number of benzene rings is 2. The molecule has 0 spiro atoms. The van der Waals surface area contributed by atoms with Gasteiger partial charge in [0, 0.05) is 30.8 Å². The van der Waals surface area contributed by atoms with Crippen molar-refractivity contribution in [3.8, 4) is 5.75 Å². The summed E-state index contributed by atoms with van der Waals surface area (Å²) in [5, 5.41) is 22.2. The van der Waals surface area contributed by atoms with E-state index in [0.29, 0.717) is 29.0 Å². The molecule has 1 heterocycles. The molecule has 1 aliphatic rings. The minimum absolute atomic E-state index is 0.0455. The van der Waals surface area contributed by atoms with Crippen molar-refractivity contribution >= 4 is 23.1 Å². The van der Waals surface area contributed by atoms with Gasteiger partial charge in [-0.25, -0.2) is 0 Å². The van der Waals surface area contributed by atoms with E-state index in [9.17, 15) is 24.8 Å². The number of amides is 1. The van der Waals surface area contributed by atoms with Crippen molar-refractivity contribution in [2.45, 2.75) is 13.0 Å². The van der Waals surface area contributed by atoms with Gasteiger partial charge >= 0.3 is 0 Å². The van der Waals surface area contributed by atoms with Crippen LogP contribution in [0.1, 0.15) is 22.7 Å². The zero-order chi connectivity index (χ0) is 23.6. The lowest BCUT2D eigenvalue weighted by Crippen LogP contribution is -2.35. The highest BCUT2D eigenvalue weighted by atomic mass is 16.6. The number of ketones is 1. The van der Waals surface area contributed by atoms with Gasteiger partial charge in [0.05, 0.1) is 23.6 Å². The number of aryl methyl sites for hydroxylation is 1. The number of likely N-dealkylation sites (N-methyl/N-ethyl adjacent to an activating group) is 1. The Morgan fingerprint density at radius 2 is 1.84 bits per heavy atom. The Kier molecular flexibility index (Phi) is 6.59. The molecule has 0 bridgehead atoms. The summed E-state index contributed by atoms with van der Waals surface area (Å²) in [5.74, 6) is -1.21. The van der Waals surface area contributed by atoms with E-state index in [-0.39, 0.29) is 23.6 Å². The van der Waals surface area contributed by atoms with Gasteiger partial charge in [0.1, 0.15) is 11.5 Å². The Morgan fingerprint density at radius 3 is 2.38 bits per heavy atom. The first kappa shape index (κ1) is 23.0. The van der Waals surface area contributed by atoms with E-state index in [1.54, 1.807) is 25.1 Å². The van der Waals surface area contributed by atoms with Gasteiger partial charge in [-0.3, -0.25) is 19.7 Å². The third-order valence-corrected chi connectivity index (χ3v) is 5.44. The number of carbonyl (C=O) groups excluding carboxylic acids is 2. The summed E-state index contributed by atoms with van der Waals surface area (Å²) >= 11 is 0. The molecule has 1 N–H and O–H groups in total. The minimum atomic E-state index is -0.864. The predicted octanol–water partition coefficient (Wildman–Crippen LogP) is 2.90. The zero-order valence-electron chi connectivity index (χ0n) is 18.4. The maximum Gasteiger partial charge on any atom is 0.295 e. The number of rotatable bonds is 7. The number of hydrogen-bond donors (Lipinski definition) is 1. The molecule has 1 atom stereocenters. The second-order valence-electron chi connectivity index (χ2n) is 7.83. The molecule has 0 unspecified atom stereocenters. The van der Waals surface area contributed by atoms with Crippen molar-refractivity contribution in [3.05, 3.63) is 74.8 Å². The van der Waals surface area contributed by atoms with Crippen molar-refractivity contribution < 1.29 is 24.4 Å². The van der Waals surface area contributed by atoms with Crippen LogP contribution in [-0.2, 0) is 9.59 Å². The molecule has 0 aromatic heterocycles. The van der Waals surface area contributed by atoms with Crippen LogP contribution < -0.4 is 4.74 Å². The van der Waals surface area contributed by atoms with E-state index < -0.39 is 22.7 Å². The zero-order valence-corrected chi connectivity index (χ0v) is 18.4. The van der Waals surface area contributed by atoms with Crippen molar-refractivity contribution in [2.24, 2.45) is 0 Å². The van der Waals surface area contributed by atoms with Crippen LogP contribution in [0, 0.1) is 17.0 Å². The second kappa shape index (κ2) is 9.19. The van der Waals surface area contributed by atoms with Crippen LogP contribution in [0.5, 0.6) is 5.75 Å². The van der Waals surface area contributed by atoms with Gasteiger partial charge in [-0.2, -0.15) is 0 Å². The third-order valence-electron chi connectivity index (χ3n) is 5.44.